The molecule has 0 fully saturated rings. The van der Waals surface area contributed by atoms with Gasteiger partial charge in [-0.2, -0.15) is 0 Å². The lowest BCUT2D eigenvalue weighted by atomic mass is 10.1. The summed E-state index contributed by atoms with van der Waals surface area (Å²) in [5.74, 6) is 0. The number of halogens is 1. The number of allylic oxidation sites excluding steroid dienone is 1. The molecular formula is C10H12BrN3. The Labute approximate surface area is 91.9 Å². The van der Waals surface area contributed by atoms with E-state index in [0.29, 0.717) is 0 Å². The molecule has 3 nitrogen and oxygen atoms in total. The van der Waals surface area contributed by atoms with Gasteiger partial charge in [-0.1, -0.05) is 15.9 Å². The van der Waals surface area contributed by atoms with Crippen LogP contribution in [0.25, 0.3) is 5.57 Å². The molecule has 0 radical (unpaired) electrons. The van der Waals surface area contributed by atoms with E-state index >= 15 is 0 Å². The third kappa shape index (κ3) is 2.67. The van der Waals surface area contributed by atoms with Crippen molar-refractivity contribution < 1.29 is 0 Å². The second-order valence-corrected chi connectivity index (χ2v) is 3.25. The number of aliphatic imine (C=N–C) groups is 1. The van der Waals surface area contributed by atoms with E-state index in [4.69, 9.17) is 5.73 Å². The quantitative estimate of drug-likeness (QED) is 0.662. The molecule has 0 unspecified atom stereocenters. The third-order valence-electron chi connectivity index (χ3n) is 1.72. The molecular weight excluding hydrogens is 242 g/mol. The average Bonchev–Trinajstić information content (AvgIpc) is 2.26. The first-order chi connectivity index (χ1) is 6.81. The van der Waals surface area contributed by atoms with Crippen molar-refractivity contribution in [1.82, 2.24) is 4.98 Å². The smallest absolute Gasteiger partial charge is 0.0734 e. The highest BCUT2D eigenvalue weighted by atomic mass is 79.9. The molecule has 0 atom stereocenters. The van der Waals surface area contributed by atoms with Crippen LogP contribution >= 0.6 is 15.9 Å². The van der Waals surface area contributed by atoms with Crippen LogP contribution in [0.5, 0.6) is 0 Å². The van der Waals surface area contributed by atoms with Crippen LogP contribution in [-0.2, 0) is 5.33 Å². The number of pyridine rings is 1. The van der Waals surface area contributed by atoms with E-state index in [1.807, 2.05) is 12.1 Å². The van der Waals surface area contributed by atoms with E-state index in [2.05, 4.69) is 25.9 Å². The summed E-state index contributed by atoms with van der Waals surface area (Å²) in [4.78, 5) is 8.13. The molecule has 0 aliphatic rings. The Kier molecular flexibility index (Phi) is 4.32. The molecule has 0 amide bonds. The lowest BCUT2D eigenvalue weighted by molar-refractivity contribution is 1.24. The monoisotopic (exact) mass is 253 g/mol. The van der Waals surface area contributed by atoms with Crippen molar-refractivity contribution in [3.8, 4) is 0 Å². The molecule has 2 N–H and O–H groups in total. The SMILES string of the molecule is CN=CC(=CN)c1cc(CBr)ccn1. The fourth-order valence-corrected chi connectivity index (χ4v) is 1.40. The van der Waals surface area contributed by atoms with E-state index in [-0.39, 0.29) is 0 Å². The molecule has 0 saturated heterocycles. The molecule has 0 spiro atoms. The van der Waals surface area contributed by atoms with E-state index in [1.54, 1.807) is 19.5 Å². The number of hydrogen-bond acceptors (Lipinski definition) is 3. The summed E-state index contributed by atoms with van der Waals surface area (Å²) in [5.41, 5.74) is 8.31. The van der Waals surface area contributed by atoms with Gasteiger partial charge in [0.25, 0.3) is 0 Å². The maximum absolute atomic E-state index is 5.48. The summed E-state index contributed by atoms with van der Waals surface area (Å²) in [7, 11) is 1.71. The van der Waals surface area contributed by atoms with Crippen molar-refractivity contribution >= 4 is 27.7 Å². The van der Waals surface area contributed by atoms with Gasteiger partial charge in [0.1, 0.15) is 0 Å². The first-order valence-corrected chi connectivity index (χ1v) is 5.29. The van der Waals surface area contributed by atoms with Crippen LogP contribution in [0.4, 0.5) is 0 Å². The molecule has 0 aliphatic heterocycles. The van der Waals surface area contributed by atoms with Crippen molar-refractivity contribution in [3.05, 3.63) is 35.8 Å². The molecule has 0 aromatic carbocycles. The van der Waals surface area contributed by atoms with Crippen LogP contribution in [0.1, 0.15) is 11.3 Å². The highest BCUT2D eigenvalue weighted by Crippen LogP contribution is 2.12. The Morgan fingerprint density at radius 2 is 2.50 bits per heavy atom. The van der Waals surface area contributed by atoms with E-state index in [1.165, 1.54) is 11.8 Å². The van der Waals surface area contributed by atoms with Crippen molar-refractivity contribution in [1.29, 1.82) is 0 Å². The van der Waals surface area contributed by atoms with Gasteiger partial charge in [0.05, 0.1) is 5.69 Å². The first kappa shape index (κ1) is 10.9. The second-order valence-electron chi connectivity index (χ2n) is 2.69. The molecule has 1 aromatic rings. The molecule has 0 saturated carbocycles. The standard InChI is InChI=1S/C10H12BrN3/c1-13-7-9(6-12)10-4-8(5-11)2-3-14-10/h2-4,6-7H,5,12H2,1H3. The Hall–Kier alpha value is -1.16. The summed E-state index contributed by atoms with van der Waals surface area (Å²) in [5, 5.41) is 0.809. The minimum Gasteiger partial charge on any atom is -0.404 e. The van der Waals surface area contributed by atoms with Crippen LogP contribution in [0.15, 0.2) is 29.5 Å². The molecule has 14 heavy (non-hydrogen) atoms. The maximum atomic E-state index is 5.48. The van der Waals surface area contributed by atoms with Crippen molar-refractivity contribution in [2.24, 2.45) is 10.7 Å². The zero-order valence-electron chi connectivity index (χ0n) is 7.94. The molecule has 4 heteroatoms. The molecule has 1 heterocycles. The minimum absolute atomic E-state index is 0.809. The van der Waals surface area contributed by atoms with Gasteiger partial charge >= 0.3 is 0 Å². The van der Waals surface area contributed by atoms with Gasteiger partial charge in [0.2, 0.25) is 0 Å². The topological polar surface area (TPSA) is 51.3 Å². The van der Waals surface area contributed by atoms with Crippen molar-refractivity contribution in [2.75, 3.05) is 7.05 Å². The largest absolute Gasteiger partial charge is 0.404 e. The second kappa shape index (κ2) is 5.54. The fraction of sp³-hybridized carbons (Fsp3) is 0.200. The summed E-state index contributed by atoms with van der Waals surface area (Å²) in [6, 6.07) is 3.94. The highest BCUT2D eigenvalue weighted by Gasteiger charge is 2.00. The lowest BCUT2D eigenvalue weighted by Gasteiger charge is -2.01. The molecule has 1 aromatic heterocycles. The highest BCUT2D eigenvalue weighted by molar-refractivity contribution is 9.08. The Balaban J connectivity index is 3.05. The number of aromatic nitrogens is 1. The Morgan fingerprint density at radius 3 is 3.07 bits per heavy atom. The molecule has 1 rings (SSSR count). The zero-order valence-corrected chi connectivity index (χ0v) is 9.53. The summed E-state index contributed by atoms with van der Waals surface area (Å²) < 4.78 is 0. The van der Waals surface area contributed by atoms with E-state index in [0.717, 1.165) is 16.6 Å². The number of alkyl halides is 1. The molecule has 0 aliphatic carbocycles. The summed E-state index contributed by atoms with van der Waals surface area (Å²) in [6.45, 7) is 0. The predicted octanol–water partition coefficient (Wildman–Crippen LogP) is 1.98. The maximum Gasteiger partial charge on any atom is 0.0734 e. The van der Waals surface area contributed by atoms with E-state index in [9.17, 15) is 0 Å². The lowest BCUT2D eigenvalue weighted by Crippen LogP contribution is -1.95. The van der Waals surface area contributed by atoms with Gasteiger partial charge in [-0.05, 0) is 17.7 Å². The normalized spacial score (nSPS) is 12.3. The van der Waals surface area contributed by atoms with Gasteiger partial charge in [0, 0.05) is 36.6 Å². The number of nitrogens with zero attached hydrogens (tertiary/aromatic N) is 2. The van der Waals surface area contributed by atoms with Crippen molar-refractivity contribution in [3.63, 3.8) is 0 Å². The van der Waals surface area contributed by atoms with Gasteiger partial charge in [0.15, 0.2) is 0 Å². The van der Waals surface area contributed by atoms with Gasteiger partial charge < -0.3 is 5.73 Å². The predicted molar refractivity (Wildman–Crippen MR) is 63.4 cm³/mol. The number of nitrogens with two attached hydrogens (primary N) is 1. The number of hydrogen-bond donors (Lipinski definition) is 1. The minimum atomic E-state index is 0.809. The van der Waals surface area contributed by atoms with Gasteiger partial charge in [-0.15, -0.1) is 0 Å². The third-order valence-corrected chi connectivity index (χ3v) is 2.37. The van der Waals surface area contributed by atoms with Crippen LogP contribution in [0, 0.1) is 0 Å². The number of rotatable bonds is 3. The molecule has 74 valence electrons. The van der Waals surface area contributed by atoms with Crippen LogP contribution < -0.4 is 5.73 Å². The Morgan fingerprint density at radius 1 is 1.71 bits per heavy atom. The van der Waals surface area contributed by atoms with Crippen LogP contribution in [0.3, 0.4) is 0 Å². The molecule has 0 bridgehead atoms. The van der Waals surface area contributed by atoms with Crippen LogP contribution in [0.2, 0.25) is 0 Å². The average molecular weight is 254 g/mol. The van der Waals surface area contributed by atoms with Crippen LogP contribution in [-0.4, -0.2) is 18.2 Å². The summed E-state index contributed by atoms with van der Waals surface area (Å²) in [6.07, 6.45) is 4.96. The Bertz CT molecular complexity index is 358. The van der Waals surface area contributed by atoms with Gasteiger partial charge in [-0.3, -0.25) is 9.98 Å². The first-order valence-electron chi connectivity index (χ1n) is 4.17. The van der Waals surface area contributed by atoms with E-state index < -0.39 is 0 Å². The fourth-order valence-electron chi connectivity index (χ4n) is 1.05. The van der Waals surface area contributed by atoms with Crippen molar-refractivity contribution in [2.45, 2.75) is 5.33 Å². The van der Waals surface area contributed by atoms with Gasteiger partial charge in [-0.25, -0.2) is 0 Å². The summed E-state index contributed by atoms with van der Waals surface area (Å²) >= 11 is 3.39. The zero-order chi connectivity index (χ0) is 10.4.